The Hall–Kier alpha value is -1.13. The fourth-order valence-electron chi connectivity index (χ4n) is 2.40. The van der Waals surface area contributed by atoms with Gasteiger partial charge in [0.25, 0.3) is 0 Å². The van der Waals surface area contributed by atoms with Crippen molar-refractivity contribution in [3.63, 3.8) is 0 Å². The number of aliphatic hydroxyl groups is 2. The predicted molar refractivity (Wildman–Crippen MR) is 69.2 cm³/mol. The summed E-state index contributed by atoms with van der Waals surface area (Å²) < 4.78 is 13.6. The Bertz CT molecular complexity index is 426. The Morgan fingerprint density at radius 2 is 1.94 bits per heavy atom. The fourth-order valence-corrected chi connectivity index (χ4v) is 2.40. The lowest BCUT2D eigenvalue weighted by Gasteiger charge is -2.33. The number of hydrogen-bond acceptors (Lipinski definition) is 3. The quantitative estimate of drug-likeness (QED) is 0.848. The number of benzene rings is 1. The van der Waals surface area contributed by atoms with E-state index in [0.717, 1.165) is 31.6 Å². The van der Waals surface area contributed by atoms with Crippen molar-refractivity contribution in [1.29, 1.82) is 0 Å². The minimum Gasteiger partial charge on any atom is -0.393 e. The third-order valence-corrected chi connectivity index (χ3v) is 3.56. The van der Waals surface area contributed by atoms with Crippen LogP contribution in [0.2, 0.25) is 0 Å². The molecule has 18 heavy (non-hydrogen) atoms. The Morgan fingerprint density at radius 3 is 2.50 bits per heavy atom. The summed E-state index contributed by atoms with van der Waals surface area (Å²) in [4.78, 5) is 2.11. The van der Waals surface area contributed by atoms with Gasteiger partial charge in [0.05, 0.1) is 12.2 Å². The van der Waals surface area contributed by atoms with Crippen LogP contribution in [-0.4, -0.2) is 29.4 Å². The first-order valence-electron chi connectivity index (χ1n) is 6.40. The molecule has 0 bridgehead atoms. The van der Waals surface area contributed by atoms with Crippen LogP contribution in [0.1, 0.15) is 37.0 Å². The fraction of sp³-hybridized carbons (Fsp3) is 0.571. The van der Waals surface area contributed by atoms with Gasteiger partial charge in [-0.1, -0.05) is 0 Å². The van der Waals surface area contributed by atoms with Gasteiger partial charge in [0.2, 0.25) is 0 Å². The van der Waals surface area contributed by atoms with Gasteiger partial charge in [-0.15, -0.1) is 0 Å². The number of aryl methyl sites for hydroxylation is 1. The van der Waals surface area contributed by atoms with E-state index in [1.807, 2.05) is 0 Å². The molecule has 1 aromatic rings. The maximum absolute atomic E-state index is 13.6. The predicted octanol–water partition coefficient (Wildman–Crippen LogP) is 2.15. The molecule has 1 unspecified atom stereocenters. The van der Waals surface area contributed by atoms with Crippen molar-refractivity contribution in [1.82, 2.24) is 0 Å². The summed E-state index contributed by atoms with van der Waals surface area (Å²) in [6, 6.07) is 3.20. The third kappa shape index (κ3) is 2.65. The van der Waals surface area contributed by atoms with Crippen LogP contribution >= 0.6 is 0 Å². The molecule has 2 rings (SSSR count). The van der Waals surface area contributed by atoms with Crippen molar-refractivity contribution in [2.45, 2.75) is 38.9 Å². The molecule has 1 aliphatic rings. The van der Waals surface area contributed by atoms with Crippen LogP contribution in [0.4, 0.5) is 10.1 Å². The summed E-state index contributed by atoms with van der Waals surface area (Å²) in [5, 5.41) is 19.3. The van der Waals surface area contributed by atoms with E-state index in [2.05, 4.69) is 4.90 Å². The van der Waals surface area contributed by atoms with E-state index in [1.165, 1.54) is 6.07 Å². The molecular formula is C14H20FNO2. The molecule has 1 saturated heterocycles. The van der Waals surface area contributed by atoms with Crippen molar-refractivity contribution < 1.29 is 14.6 Å². The molecule has 0 radical (unpaired) electrons. The average Bonchev–Trinajstić information content (AvgIpc) is 2.33. The minimum absolute atomic E-state index is 0.238. The number of piperidine rings is 1. The molecule has 0 aliphatic carbocycles. The van der Waals surface area contributed by atoms with Gasteiger partial charge in [0, 0.05) is 24.3 Å². The van der Waals surface area contributed by atoms with Crippen LogP contribution in [0, 0.1) is 12.7 Å². The van der Waals surface area contributed by atoms with E-state index in [1.54, 1.807) is 19.9 Å². The molecule has 1 heterocycles. The molecule has 0 spiro atoms. The van der Waals surface area contributed by atoms with Gasteiger partial charge < -0.3 is 15.1 Å². The van der Waals surface area contributed by atoms with E-state index >= 15 is 0 Å². The van der Waals surface area contributed by atoms with Crippen LogP contribution < -0.4 is 4.90 Å². The molecule has 1 aliphatic heterocycles. The Kier molecular flexibility index (Phi) is 3.88. The first kappa shape index (κ1) is 13.3. The van der Waals surface area contributed by atoms with Crippen molar-refractivity contribution in [2.24, 2.45) is 0 Å². The smallest absolute Gasteiger partial charge is 0.126 e. The zero-order valence-corrected chi connectivity index (χ0v) is 10.9. The minimum atomic E-state index is -0.693. The van der Waals surface area contributed by atoms with E-state index in [4.69, 9.17) is 0 Å². The van der Waals surface area contributed by atoms with Gasteiger partial charge in [0.1, 0.15) is 5.82 Å². The summed E-state index contributed by atoms with van der Waals surface area (Å²) >= 11 is 0. The monoisotopic (exact) mass is 253 g/mol. The average molecular weight is 253 g/mol. The van der Waals surface area contributed by atoms with Crippen LogP contribution in [0.15, 0.2) is 12.1 Å². The number of hydrogen-bond donors (Lipinski definition) is 2. The van der Waals surface area contributed by atoms with Crippen molar-refractivity contribution in [3.05, 3.63) is 29.1 Å². The lowest BCUT2D eigenvalue weighted by atomic mass is 10.0. The van der Waals surface area contributed by atoms with E-state index in [-0.39, 0.29) is 11.9 Å². The molecule has 0 aromatic heterocycles. The molecule has 1 fully saturated rings. The zero-order valence-electron chi connectivity index (χ0n) is 10.9. The highest BCUT2D eigenvalue weighted by molar-refractivity contribution is 5.57. The molecule has 4 heteroatoms. The highest BCUT2D eigenvalue weighted by Crippen LogP contribution is 2.31. The molecule has 2 N–H and O–H groups in total. The van der Waals surface area contributed by atoms with E-state index < -0.39 is 6.10 Å². The maximum atomic E-state index is 13.6. The summed E-state index contributed by atoms with van der Waals surface area (Å²) in [5.74, 6) is -0.285. The van der Waals surface area contributed by atoms with Crippen LogP contribution in [-0.2, 0) is 0 Å². The lowest BCUT2D eigenvalue weighted by molar-refractivity contribution is 0.145. The largest absolute Gasteiger partial charge is 0.393 e. The molecule has 100 valence electrons. The lowest BCUT2D eigenvalue weighted by Crippen LogP contribution is -2.36. The summed E-state index contributed by atoms with van der Waals surface area (Å²) in [7, 11) is 0. The third-order valence-electron chi connectivity index (χ3n) is 3.56. The Morgan fingerprint density at radius 1 is 1.33 bits per heavy atom. The maximum Gasteiger partial charge on any atom is 0.126 e. The molecular weight excluding hydrogens is 233 g/mol. The first-order chi connectivity index (χ1) is 8.49. The molecule has 0 amide bonds. The topological polar surface area (TPSA) is 43.7 Å². The van der Waals surface area contributed by atoms with E-state index in [9.17, 15) is 14.6 Å². The van der Waals surface area contributed by atoms with Gasteiger partial charge in [-0.2, -0.15) is 0 Å². The van der Waals surface area contributed by atoms with Crippen LogP contribution in [0.25, 0.3) is 0 Å². The number of rotatable bonds is 2. The second-order valence-electron chi connectivity index (χ2n) is 5.05. The van der Waals surface area contributed by atoms with Gasteiger partial charge in [-0.3, -0.25) is 0 Å². The zero-order chi connectivity index (χ0) is 13.3. The second-order valence-corrected chi connectivity index (χ2v) is 5.05. The van der Waals surface area contributed by atoms with Crippen LogP contribution in [0.5, 0.6) is 0 Å². The standard InChI is InChI=1S/C14H20FNO2/c1-9-7-14(12(10(2)17)8-13(9)15)16-5-3-11(18)4-6-16/h7-8,10-11,17-18H,3-6H2,1-2H3. The van der Waals surface area contributed by atoms with Crippen LogP contribution in [0.3, 0.4) is 0 Å². The normalized spacial score (nSPS) is 19.1. The van der Waals surface area contributed by atoms with Crippen molar-refractivity contribution >= 4 is 5.69 Å². The Labute approximate surface area is 107 Å². The number of nitrogens with zero attached hydrogens (tertiary/aromatic N) is 1. The van der Waals surface area contributed by atoms with Gasteiger partial charge >= 0.3 is 0 Å². The van der Waals surface area contributed by atoms with Crippen molar-refractivity contribution in [3.8, 4) is 0 Å². The number of halogens is 1. The van der Waals surface area contributed by atoms with Crippen molar-refractivity contribution in [2.75, 3.05) is 18.0 Å². The SMILES string of the molecule is Cc1cc(N2CCC(O)CC2)c(C(C)O)cc1F. The highest BCUT2D eigenvalue weighted by atomic mass is 19.1. The number of aliphatic hydroxyl groups excluding tert-OH is 2. The van der Waals surface area contributed by atoms with Gasteiger partial charge in [-0.05, 0) is 44.4 Å². The van der Waals surface area contributed by atoms with E-state index in [0.29, 0.717) is 11.1 Å². The molecule has 0 saturated carbocycles. The summed E-state index contributed by atoms with van der Waals surface area (Å²) in [5.41, 5.74) is 2.09. The molecule has 1 aromatic carbocycles. The molecule has 1 atom stereocenters. The summed E-state index contributed by atoms with van der Waals surface area (Å²) in [6.45, 7) is 4.85. The highest BCUT2D eigenvalue weighted by Gasteiger charge is 2.21. The molecule has 3 nitrogen and oxygen atoms in total. The van der Waals surface area contributed by atoms with Gasteiger partial charge in [-0.25, -0.2) is 4.39 Å². The first-order valence-corrected chi connectivity index (χ1v) is 6.40. The second kappa shape index (κ2) is 5.24. The number of anilines is 1. The van der Waals surface area contributed by atoms with Gasteiger partial charge in [0.15, 0.2) is 0 Å². The Balaban J connectivity index is 2.33. The summed E-state index contributed by atoms with van der Waals surface area (Å²) in [6.07, 6.45) is 0.505.